The molecule has 0 saturated carbocycles. The largest absolute Gasteiger partial charge is 1.00 e. The highest BCUT2D eigenvalue weighted by atomic mass is 127. The molecule has 1 aromatic carbocycles. The number of methoxy groups -OCH3 is 1. The molecule has 0 bridgehead atoms. The molecule has 98 valence electrons. The number of rotatable bonds is 2. The Hall–Kier alpha value is -1.56. The zero-order valence-electron chi connectivity index (χ0n) is 10.8. The average Bonchev–Trinajstić information content (AvgIpc) is 2.81. The van der Waals surface area contributed by atoms with Crippen molar-refractivity contribution in [1.82, 2.24) is 9.38 Å². The molecule has 19 heavy (non-hydrogen) atoms. The molecule has 0 aliphatic carbocycles. The number of aromatic nitrogens is 2. The van der Waals surface area contributed by atoms with Crippen LogP contribution in [0.4, 0.5) is 0 Å². The Morgan fingerprint density at radius 2 is 1.95 bits per heavy atom. The van der Waals surface area contributed by atoms with E-state index in [-0.39, 0.29) is 24.0 Å². The molecular formula is C15H14IN2O-. The first-order valence-electron chi connectivity index (χ1n) is 5.86. The molecule has 0 unspecified atom stereocenters. The molecule has 0 amide bonds. The lowest BCUT2D eigenvalue weighted by Gasteiger charge is -2.04. The van der Waals surface area contributed by atoms with E-state index >= 15 is 0 Å². The average molecular weight is 365 g/mol. The van der Waals surface area contributed by atoms with E-state index in [9.17, 15) is 0 Å². The second-order valence-corrected chi connectivity index (χ2v) is 4.30. The van der Waals surface area contributed by atoms with Crippen molar-refractivity contribution in [2.24, 2.45) is 0 Å². The third-order valence-corrected chi connectivity index (χ3v) is 3.00. The van der Waals surface area contributed by atoms with Crippen LogP contribution in [-0.4, -0.2) is 16.5 Å². The molecule has 2 heterocycles. The van der Waals surface area contributed by atoms with Crippen molar-refractivity contribution < 1.29 is 28.7 Å². The number of hydrogen-bond acceptors (Lipinski definition) is 2. The van der Waals surface area contributed by atoms with Gasteiger partial charge in [-0.25, -0.2) is 4.98 Å². The summed E-state index contributed by atoms with van der Waals surface area (Å²) >= 11 is 0. The van der Waals surface area contributed by atoms with Crippen molar-refractivity contribution in [3.63, 3.8) is 0 Å². The van der Waals surface area contributed by atoms with Crippen molar-refractivity contribution >= 4 is 5.65 Å². The van der Waals surface area contributed by atoms with Crippen LogP contribution in [0.3, 0.4) is 0 Å². The maximum atomic E-state index is 5.37. The zero-order chi connectivity index (χ0) is 12.5. The van der Waals surface area contributed by atoms with E-state index in [1.807, 2.05) is 41.1 Å². The van der Waals surface area contributed by atoms with Crippen LogP contribution in [0.15, 0.2) is 48.8 Å². The second kappa shape index (κ2) is 5.61. The molecule has 0 spiro atoms. The maximum Gasteiger partial charge on any atom is 0.137 e. The molecule has 0 saturated heterocycles. The summed E-state index contributed by atoms with van der Waals surface area (Å²) in [6, 6.07) is 12.1. The van der Waals surface area contributed by atoms with Crippen LogP contribution in [0.5, 0.6) is 5.75 Å². The minimum Gasteiger partial charge on any atom is -1.00 e. The van der Waals surface area contributed by atoms with E-state index in [1.54, 1.807) is 7.11 Å². The van der Waals surface area contributed by atoms with Crippen LogP contribution in [0, 0.1) is 6.92 Å². The Labute approximate surface area is 129 Å². The number of fused-ring (bicyclic) bond motifs is 1. The Bertz CT molecular complexity index is 706. The minimum absolute atomic E-state index is 0. The van der Waals surface area contributed by atoms with Crippen molar-refractivity contribution in [3.05, 3.63) is 54.4 Å². The van der Waals surface area contributed by atoms with Crippen molar-refractivity contribution in [2.75, 3.05) is 7.11 Å². The molecule has 3 aromatic rings. The quantitative estimate of drug-likeness (QED) is 0.612. The van der Waals surface area contributed by atoms with Crippen molar-refractivity contribution in [1.29, 1.82) is 0 Å². The highest BCUT2D eigenvalue weighted by Crippen LogP contribution is 2.28. The number of pyridine rings is 1. The Morgan fingerprint density at radius 3 is 2.74 bits per heavy atom. The van der Waals surface area contributed by atoms with Gasteiger partial charge in [-0.1, -0.05) is 12.1 Å². The lowest BCUT2D eigenvalue weighted by molar-refractivity contribution is -0.00000405. The molecule has 3 rings (SSSR count). The van der Waals surface area contributed by atoms with Gasteiger partial charge in [-0.15, -0.1) is 0 Å². The summed E-state index contributed by atoms with van der Waals surface area (Å²) in [6.07, 6.45) is 4.04. The Balaban J connectivity index is 0.00000133. The van der Waals surface area contributed by atoms with Gasteiger partial charge < -0.3 is 33.1 Å². The topological polar surface area (TPSA) is 26.5 Å². The van der Waals surface area contributed by atoms with Crippen LogP contribution >= 0.6 is 0 Å². The van der Waals surface area contributed by atoms with Crippen molar-refractivity contribution in [2.45, 2.75) is 6.92 Å². The summed E-state index contributed by atoms with van der Waals surface area (Å²) in [4.78, 5) is 4.64. The zero-order valence-corrected chi connectivity index (χ0v) is 13.0. The fourth-order valence-corrected chi connectivity index (χ4v) is 2.07. The fraction of sp³-hybridized carbons (Fsp3) is 0.133. The summed E-state index contributed by atoms with van der Waals surface area (Å²) in [5.41, 5.74) is 4.11. The molecule has 4 heteroatoms. The summed E-state index contributed by atoms with van der Waals surface area (Å²) in [5.74, 6) is 0.845. The minimum atomic E-state index is 0. The van der Waals surface area contributed by atoms with E-state index in [1.165, 1.54) is 5.56 Å². The molecule has 0 fully saturated rings. The van der Waals surface area contributed by atoms with Gasteiger partial charge in [0, 0.05) is 18.0 Å². The van der Waals surface area contributed by atoms with Gasteiger partial charge in [-0.2, -0.15) is 0 Å². The van der Waals surface area contributed by atoms with Gasteiger partial charge >= 0.3 is 0 Å². The second-order valence-electron chi connectivity index (χ2n) is 4.30. The smallest absolute Gasteiger partial charge is 0.137 e. The van der Waals surface area contributed by atoms with Gasteiger partial charge in [0.05, 0.1) is 12.8 Å². The first-order chi connectivity index (χ1) is 8.78. The molecule has 0 N–H and O–H groups in total. The number of aryl methyl sites for hydroxylation is 1. The van der Waals surface area contributed by atoms with Gasteiger partial charge in [0.2, 0.25) is 0 Å². The first kappa shape index (κ1) is 13.9. The summed E-state index contributed by atoms with van der Waals surface area (Å²) in [7, 11) is 1.68. The van der Waals surface area contributed by atoms with Crippen molar-refractivity contribution in [3.8, 4) is 17.0 Å². The standard InChI is InChI=1S/C15H14N2O.HI/c1-11-7-8-17-10-13(16-15(17)9-11)12-5-3-4-6-14(12)18-2;/h3-10H,1-2H3;1H/p-1. The monoisotopic (exact) mass is 365 g/mol. The number of ether oxygens (including phenoxy) is 1. The number of para-hydroxylation sites is 1. The predicted octanol–water partition coefficient (Wildman–Crippen LogP) is 0.322. The van der Waals surface area contributed by atoms with Gasteiger partial charge in [0.1, 0.15) is 11.4 Å². The molecule has 2 aromatic heterocycles. The lowest BCUT2D eigenvalue weighted by Crippen LogP contribution is -3.00. The third kappa shape index (κ3) is 2.58. The number of nitrogens with zero attached hydrogens (tertiary/aromatic N) is 2. The molecule has 0 aliphatic rings. The number of imidazole rings is 1. The highest BCUT2D eigenvalue weighted by molar-refractivity contribution is 5.69. The molecular weight excluding hydrogens is 351 g/mol. The van der Waals surface area contributed by atoms with Gasteiger partial charge in [0.25, 0.3) is 0 Å². The van der Waals surface area contributed by atoms with E-state index in [2.05, 4.69) is 24.0 Å². The van der Waals surface area contributed by atoms with E-state index in [0.717, 1.165) is 22.7 Å². The van der Waals surface area contributed by atoms with Crippen LogP contribution in [0.1, 0.15) is 5.56 Å². The Kier molecular flexibility index (Phi) is 4.09. The van der Waals surface area contributed by atoms with Gasteiger partial charge in [0.15, 0.2) is 0 Å². The summed E-state index contributed by atoms with van der Waals surface area (Å²) in [5, 5.41) is 0. The van der Waals surface area contributed by atoms with Crippen LogP contribution < -0.4 is 28.7 Å². The molecule has 0 aliphatic heterocycles. The predicted molar refractivity (Wildman–Crippen MR) is 71.9 cm³/mol. The van der Waals surface area contributed by atoms with E-state index in [4.69, 9.17) is 4.74 Å². The molecule has 3 nitrogen and oxygen atoms in total. The first-order valence-corrected chi connectivity index (χ1v) is 5.86. The van der Waals surface area contributed by atoms with Crippen LogP contribution in [0.2, 0.25) is 0 Å². The highest BCUT2D eigenvalue weighted by Gasteiger charge is 2.08. The van der Waals surface area contributed by atoms with E-state index < -0.39 is 0 Å². The maximum absolute atomic E-state index is 5.37. The molecule has 0 radical (unpaired) electrons. The number of benzene rings is 1. The summed E-state index contributed by atoms with van der Waals surface area (Å²) in [6.45, 7) is 2.07. The third-order valence-electron chi connectivity index (χ3n) is 3.00. The van der Waals surface area contributed by atoms with Crippen LogP contribution in [-0.2, 0) is 0 Å². The Morgan fingerprint density at radius 1 is 1.16 bits per heavy atom. The number of halogens is 1. The fourth-order valence-electron chi connectivity index (χ4n) is 2.07. The van der Waals surface area contributed by atoms with Gasteiger partial charge in [-0.3, -0.25) is 0 Å². The van der Waals surface area contributed by atoms with E-state index in [0.29, 0.717) is 0 Å². The normalized spacial score (nSPS) is 10.2. The number of hydrogen-bond donors (Lipinski definition) is 0. The van der Waals surface area contributed by atoms with Gasteiger partial charge in [-0.05, 0) is 36.8 Å². The lowest BCUT2D eigenvalue weighted by atomic mass is 10.1. The SMILES string of the molecule is COc1ccccc1-c1cn2ccc(C)cc2n1.[I-]. The molecule has 0 atom stereocenters. The summed E-state index contributed by atoms with van der Waals surface area (Å²) < 4.78 is 7.39. The van der Waals surface area contributed by atoms with Crippen LogP contribution in [0.25, 0.3) is 16.9 Å².